The summed E-state index contributed by atoms with van der Waals surface area (Å²) < 4.78 is 48.2. The van der Waals surface area contributed by atoms with Crippen LogP contribution in [0.15, 0.2) is 59.5 Å². The van der Waals surface area contributed by atoms with Crippen LogP contribution in [0.25, 0.3) is 12.2 Å². The van der Waals surface area contributed by atoms with Crippen LogP contribution in [0.3, 0.4) is 0 Å². The molecule has 0 saturated heterocycles. The number of anilines is 1. The van der Waals surface area contributed by atoms with E-state index >= 15 is 0 Å². The third-order valence-corrected chi connectivity index (χ3v) is 8.31. The first-order valence-electron chi connectivity index (χ1n) is 10.8. The van der Waals surface area contributed by atoms with Gasteiger partial charge in [-0.05, 0) is 60.9 Å². The van der Waals surface area contributed by atoms with Gasteiger partial charge < -0.3 is 9.84 Å². The number of aliphatic hydroxyl groups is 1. The van der Waals surface area contributed by atoms with E-state index < -0.39 is 28.0 Å². The summed E-state index contributed by atoms with van der Waals surface area (Å²) in [7, 11) is -2.53. The van der Waals surface area contributed by atoms with Crippen LogP contribution < -0.4 is 9.04 Å². The van der Waals surface area contributed by atoms with Gasteiger partial charge in [0.25, 0.3) is 10.0 Å². The Labute approximate surface area is 204 Å². The largest absolute Gasteiger partial charge is 0.496 e. The molecule has 2 atom stereocenters. The first kappa shape index (κ1) is 24.3. The molecule has 178 valence electrons. The number of benzene rings is 3. The number of sulfonamides is 1. The van der Waals surface area contributed by atoms with E-state index in [2.05, 4.69) is 0 Å². The summed E-state index contributed by atoms with van der Waals surface area (Å²) in [5.41, 5.74) is 2.91. The van der Waals surface area contributed by atoms with Crippen LogP contribution in [0, 0.1) is 12.7 Å². The number of aliphatic hydroxyl groups excluding tert-OH is 1. The number of rotatable bonds is 5. The van der Waals surface area contributed by atoms with Crippen LogP contribution >= 0.6 is 11.6 Å². The van der Waals surface area contributed by atoms with E-state index in [-0.39, 0.29) is 15.5 Å². The van der Waals surface area contributed by atoms with Crippen LogP contribution in [0.2, 0.25) is 5.02 Å². The zero-order valence-corrected chi connectivity index (χ0v) is 20.6. The summed E-state index contributed by atoms with van der Waals surface area (Å²) in [5.74, 6) is 0.0148. The number of hydrogen-bond donors (Lipinski definition) is 1. The van der Waals surface area contributed by atoms with Gasteiger partial charge in [-0.3, -0.25) is 4.31 Å². The van der Waals surface area contributed by atoms with E-state index in [9.17, 15) is 17.9 Å². The SMILES string of the molecule is COc1cc(S(=O)(=O)N2c3cc(/C=C/c4c(F)cccc4Cl)ccc3C[C@@H](O)[C@H]2C)ccc1C. The van der Waals surface area contributed by atoms with Crippen molar-refractivity contribution < 1.29 is 22.7 Å². The minimum Gasteiger partial charge on any atom is -0.496 e. The van der Waals surface area contributed by atoms with Crippen molar-refractivity contribution in [3.63, 3.8) is 0 Å². The predicted molar refractivity (Wildman–Crippen MR) is 133 cm³/mol. The summed E-state index contributed by atoms with van der Waals surface area (Å²) in [6, 6.07) is 13.8. The molecule has 4 rings (SSSR count). The van der Waals surface area contributed by atoms with Crippen molar-refractivity contribution >= 4 is 39.5 Å². The van der Waals surface area contributed by atoms with Crippen LogP contribution in [0.5, 0.6) is 5.75 Å². The quantitative estimate of drug-likeness (QED) is 0.471. The fourth-order valence-electron chi connectivity index (χ4n) is 4.11. The van der Waals surface area contributed by atoms with E-state index in [0.717, 1.165) is 5.56 Å². The van der Waals surface area contributed by atoms with Gasteiger partial charge in [-0.25, -0.2) is 12.8 Å². The van der Waals surface area contributed by atoms with Crippen LogP contribution in [0.4, 0.5) is 10.1 Å². The third kappa shape index (κ3) is 4.43. The highest BCUT2D eigenvalue weighted by molar-refractivity contribution is 7.92. The average Bonchev–Trinajstić information content (AvgIpc) is 2.79. The van der Waals surface area contributed by atoms with Gasteiger partial charge in [-0.1, -0.05) is 41.9 Å². The lowest BCUT2D eigenvalue weighted by molar-refractivity contribution is 0.147. The van der Waals surface area contributed by atoms with Crippen molar-refractivity contribution in [2.45, 2.75) is 37.3 Å². The minimum atomic E-state index is -4.02. The lowest BCUT2D eigenvalue weighted by Gasteiger charge is -2.39. The lowest BCUT2D eigenvalue weighted by atomic mass is 9.95. The smallest absolute Gasteiger partial charge is 0.264 e. The lowest BCUT2D eigenvalue weighted by Crippen LogP contribution is -2.49. The minimum absolute atomic E-state index is 0.0703. The maximum Gasteiger partial charge on any atom is 0.264 e. The normalized spacial score (nSPS) is 18.2. The fraction of sp³-hybridized carbons (Fsp3) is 0.231. The molecule has 0 amide bonds. The molecule has 3 aromatic rings. The molecule has 1 aliphatic heterocycles. The van der Waals surface area contributed by atoms with Crippen molar-refractivity contribution in [1.29, 1.82) is 0 Å². The molecule has 0 aromatic heterocycles. The maximum absolute atomic E-state index is 14.2. The molecule has 0 aliphatic carbocycles. The number of methoxy groups -OCH3 is 1. The molecule has 3 aromatic carbocycles. The topological polar surface area (TPSA) is 66.8 Å². The van der Waals surface area contributed by atoms with Gasteiger partial charge >= 0.3 is 0 Å². The van der Waals surface area contributed by atoms with E-state index in [4.69, 9.17) is 16.3 Å². The first-order valence-corrected chi connectivity index (χ1v) is 12.6. The van der Waals surface area contributed by atoms with Gasteiger partial charge in [0.15, 0.2) is 0 Å². The highest BCUT2D eigenvalue weighted by atomic mass is 35.5. The van der Waals surface area contributed by atoms with Crippen molar-refractivity contribution in [2.75, 3.05) is 11.4 Å². The van der Waals surface area contributed by atoms with E-state index in [1.807, 2.05) is 6.92 Å². The Morgan fingerprint density at radius 1 is 1.15 bits per heavy atom. The second kappa shape index (κ2) is 9.41. The van der Waals surface area contributed by atoms with Crippen molar-refractivity contribution in [3.8, 4) is 5.75 Å². The molecule has 0 bridgehead atoms. The highest BCUT2D eigenvalue weighted by Crippen LogP contribution is 2.37. The molecule has 5 nitrogen and oxygen atoms in total. The average molecular weight is 502 g/mol. The van der Waals surface area contributed by atoms with Gasteiger partial charge in [0.2, 0.25) is 0 Å². The van der Waals surface area contributed by atoms with Crippen molar-refractivity contribution in [2.24, 2.45) is 0 Å². The molecule has 0 spiro atoms. The zero-order valence-electron chi connectivity index (χ0n) is 19.0. The van der Waals surface area contributed by atoms with Crippen molar-refractivity contribution in [1.82, 2.24) is 0 Å². The molecule has 0 radical (unpaired) electrons. The Hall–Kier alpha value is -2.87. The van der Waals surface area contributed by atoms with Crippen LogP contribution in [-0.4, -0.2) is 32.8 Å². The third-order valence-electron chi connectivity index (χ3n) is 6.08. The van der Waals surface area contributed by atoms with Crippen LogP contribution in [-0.2, 0) is 16.4 Å². The fourth-order valence-corrected chi connectivity index (χ4v) is 6.06. The summed E-state index contributed by atoms with van der Waals surface area (Å²) in [6.45, 7) is 3.51. The van der Waals surface area contributed by atoms with Gasteiger partial charge in [-0.2, -0.15) is 0 Å². The Morgan fingerprint density at radius 2 is 1.91 bits per heavy atom. The Bertz CT molecular complexity index is 1350. The molecule has 1 aliphatic rings. The number of nitrogens with zero attached hydrogens (tertiary/aromatic N) is 1. The summed E-state index contributed by atoms with van der Waals surface area (Å²) >= 11 is 6.12. The molecule has 0 saturated carbocycles. The van der Waals surface area contributed by atoms with Gasteiger partial charge in [0.1, 0.15) is 11.6 Å². The van der Waals surface area contributed by atoms with Gasteiger partial charge in [0.05, 0.1) is 34.9 Å². The number of halogens is 2. The predicted octanol–water partition coefficient (Wildman–Crippen LogP) is 5.47. The highest BCUT2D eigenvalue weighted by Gasteiger charge is 2.38. The summed E-state index contributed by atoms with van der Waals surface area (Å²) in [4.78, 5) is 0.0703. The molecule has 0 unspecified atom stereocenters. The molecular weight excluding hydrogens is 477 g/mol. The molecule has 34 heavy (non-hydrogen) atoms. The Morgan fingerprint density at radius 3 is 2.62 bits per heavy atom. The molecule has 0 fully saturated rings. The summed E-state index contributed by atoms with van der Waals surface area (Å²) in [6.07, 6.45) is 2.70. The van der Waals surface area contributed by atoms with Crippen LogP contribution in [0.1, 0.15) is 29.2 Å². The second-order valence-corrected chi connectivity index (χ2v) is 10.5. The van der Waals surface area contributed by atoms with Gasteiger partial charge in [-0.15, -0.1) is 0 Å². The summed E-state index contributed by atoms with van der Waals surface area (Å²) in [5, 5.41) is 10.9. The molecule has 8 heteroatoms. The number of hydrogen-bond acceptors (Lipinski definition) is 4. The number of aryl methyl sites for hydroxylation is 1. The van der Waals surface area contributed by atoms with E-state index in [0.29, 0.717) is 29.0 Å². The number of ether oxygens (including phenoxy) is 1. The van der Waals surface area contributed by atoms with E-state index in [1.165, 1.54) is 35.7 Å². The second-order valence-electron chi connectivity index (χ2n) is 8.30. The molecule has 1 N–H and O–H groups in total. The van der Waals surface area contributed by atoms with Crippen molar-refractivity contribution in [3.05, 3.63) is 87.7 Å². The molecule has 1 heterocycles. The maximum atomic E-state index is 14.2. The number of fused-ring (bicyclic) bond motifs is 1. The standard InChI is InChI=1S/C26H25ClFNO4S/c1-16-7-11-20(15-26(16)33-3)34(31,32)29-17(2)25(30)14-19-10-8-18(13-24(19)29)9-12-21-22(27)5-4-6-23(21)28/h4-13,15,17,25,30H,14H2,1-3H3/b12-9+/t17-,25-/m1/s1. The Balaban J connectivity index is 1.80. The first-order chi connectivity index (χ1) is 16.1. The molecular formula is C26H25ClFNO4S. The Kier molecular flexibility index (Phi) is 6.71. The van der Waals surface area contributed by atoms with Gasteiger partial charge in [0, 0.05) is 18.1 Å². The zero-order chi connectivity index (χ0) is 24.6. The van der Waals surface area contributed by atoms with E-state index in [1.54, 1.807) is 49.4 Å². The monoisotopic (exact) mass is 501 g/mol.